The van der Waals surface area contributed by atoms with Crippen LogP contribution < -0.4 is 0 Å². The monoisotopic (exact) mass is 266 g/mol. The van der Waals surface area contributed by atoms with Crippen LogP contribution in [-0.4, -0.2) is 33.2 Å². The summed E-state index contributed by atoms with van der Waals surface area (Å²) in [6, 6.07) is 9.13. The standard InChI is InChI=1S/C8H8O2.C5H6O4/c9-8(10)6-7-4-2-1-3-5-7;1-3(5(8)9)2-4(6)7/h1-5H,6H2,(H,9,10);2H,1H3,(H,6,7)(H,8,9)/b;3-2-. The number of hydrogen-bond acceptors (Lipinski definition) is 3. The van der Waals surface area contributed by atoms with E-state index in [1.165, 1.54) is 6.92 Å². The molecule has 0 saturated heterocycles. The van der Waals surface area contributed by atoms with Crippen molar-refractivity contribution in [1.82, 2.24) is 0 Å². The summed E-state index contributed by atoms with van der Waals surface area (Å²) < 4.78 is 0. The second-order valence-electron chi connectivity index (χ2n) is 3.53. The van der Waals surface area contributed by atoms with Crippen molar-refractivity contribution in [3.63, 3.8) is 0 Å². The van der Waals surface area contributed by atoms with Crippen LogP contribution in [0.1, 0.15) is 12.5 Å². The van der Waals surface area contributed by atoms with Gasteiger partial charge in [0.1, 0.15) is 0 Å². The van der Waals surface area contributed by atoms with Gasteiger partial charge in [-0.1, -0.05) is 30.3 Å². The molecule has 6 heteroatoms. The normalized spacial score (nSPS) is 10.1. The van der Waals surface area contributed by atoms with Gasteiger partial charge in [0.15, 0.2) is 0 Å². The Balaban J connectivity index is 0.000000344. The number of hydrogen-bond donors (Lipinski definition) is 3. The zero-order chi connectivity index (χ0) is 14.8. The maximum absolute atomic E-state index is 10.2. The molecule has 1 aromatic rings. The van der Waals surface area contributed by atoms with Crippen LogP contribution in [0.2, 0.25) is 0 Å². The van der Waals surface area contributed by atoms with E-state index in [0.717, 1.165) is 5.56 Å². The highest BCUT2D eigenvalue weighted by molar-refractivity contribution is 5.93. The van der Waals surface area contributed by atoms with Gasteiger partial charge in [0.25, 0.3) is 0 Å². The summed E-state index contributed by atoms with van der Waals surface area (Å²) in [7, 11) is 0. The number of carbonyl (C=O) groups is 3. The Hall–Kier alpha value is -2.63. The molecule has 3 N–H and O–H groups in total. The fourth-order valence-corrected chi connectivity index (χ4v) is 1.02. The van der Waals surface area contributed by atoms with E-state index in [9.17, 15) is 14.4 Å². The Bertz CT molecular complexity index is 475. The van der Waals surface area contributed by atoms with Crippen molar-refractivity contribution in [3.8, 4) is 0 Å². The molecule has 0 fully saturated rings. The van der Waals surface area contributed by atoms with Crippen LogP contribution in [0.5, 0.6) is 0 Å². The quantitative estimate of drug-likeness (QED) is 0.710. The molecule has 0 atom stereocenters. The largest absolute Gasteiger partial charge is 0.481 e. The minimum absolute atomic E-state index is 0.112. The predicted molar refractivity (Wildman–Crippen MR) is 66.8 cm³/mol. The lowest BCUT2D eigenvalue weighted by atomic mass is 10.2. The molecule has 19 heavy (non-hydrogen) atoms. The average Bonchev–Trinajstić information content (AvgIpc) is 2.29. The van der Waals surface area contributed by atoms with Crippen LogP contribution in [0.25, 0.3) is 0 Å². The summed E-state index contributed by atoms with van der Waals surface area (Å²) in [4.78, 5) is 29.8. The molecule has 102 valence electrons. The molecule has 0 aliphatic carbocycles. The molecule has 6 nitrogen and oxygen atoms in total. The van der Waals surface area contributed by atoms with Crippen LogP contribution in [0.4, 0.5) is 0 Å². The first-order valence-electron chi connectivity index (χ1n) is 5.23. The summed E-state index contributed by atoms with van der Waals surface area (Å²) in [6.45, 7) is 1.22. The van der Waals surface area contributed by atoms with Crippen molar-refractivity contribution in [2.45, 2.75) is 13.3 Å². The maximum atomic E-state index is 10.2. The van der Waals surface area contributed by atoms with E-state index in [1.54, 1.807) is 12.1 Å². The zero-order valence-electron chi connectivity index (χ0n) is 10.2. The summed E-state index contributed by atoms with van der Waals surface area (Å²) in [5.41, 5.74) is 0.664. The summed E-state index contributed by atoms with van der Waals surface area (Å²) in [6.07, 6.45) is 0.753. The van der Waals surface area contributed by atoms with Crippen LogP contribution in [0, 0.1) is 0 Å². The summed E-state index contributed by atoms with van der Waals surface area (Å²) in [5, 5.41) is 24.5. The van der Waals surface area contributed by atoms with Crippen molar-refractivity contribution in [1.29, 1.82) is 0 Å². The van der Waals surface area contributed by atoms with Crippen molar-refractivity contribution >= 4 is 17.9 Å². The number of aliphatic carboxylic acids is 3. The lowest BCUT2D eigenvalue weighted by Gasteiger charge is -1.92. The van der Waals surface area contributed by atoms with Gasteiger partial charge in [-0.2, -0.15) is 0 Å². The minimum Gasteiger partial charge on any atom is -0.481 e. The maximum Gasteiger partial charge on any atom is 0.331 e. The molecule has 0 aromatic heterocycles. The molecule has 1 rings (SSSR count). The third kappa shape index (κ3) is 9.11. The Morgan fingerprint density at radius 1 is 1.05 bits per heavy atom. The predicted octanol–water partition coefficient (Wildman–Crippen LogP) is 1.42. The Morgan fingerprint density at radius 3 is 1.89 bits per heavy atom. The third-order valence-electron chi connectivity index (χ3n) is 1.88. The zero-order valence-corrected chi connectivity index (χ0v) is 10.2. The molecule has 0 radical (unpaired) electrons. The van der Waals surface area contributed by atoms with Crippen molar-refractivity contribution in [2.75, 3.05) is 0 Å². The molecule has 0 saturated carbocycles. The highest BCUT2D eigenvalue weighted by Gasteiger charge is 2.00. The van der Waals surface area contributed by atoms with Crippen molar-refractivity contribution in [3.05, 3.63) is 47.5 Å². The lowest BCUT2D eigenvalue weighted by molar-refractivity contribution is -0.136. The van der Waals surface area contributed by atoms with Crippen molar-refractivity contribution < 1.29 is 29.7 Å². The van der Waals surface area contributed by atoms with Crippen LogP contribution >= 0.6 is 0 Å². The second kappa shape index (κ2) is 8.46. The summed E-state index contributed by atoms with van der Waals surface area (Å²) >= 11 is 0. The Kier molecular flexibility index (Phi) is 7.29. The molecule has 0 bridgehead atoms. The number of rotatable bonds is 4. The van der Waals surface area contributed by atoms with E-state index in [2.05, 4.69) is 0 Å². The highest BCUT2D eigenvalue weighted by atomic mass is 16.4. The number of carboxylic acids is 3. The Labute approximate surface area is 109 Å². The van der Waals surface area contributed by atoms with Gasteiger partial charge in [-0.3, -0.25) is 4.79 Å². The lowest BCUT2D eigenvalue weighted by Crippen LogP contribution is -1.99. The second-order valence-corrected chi connectivity index (χ2v) is 3.53. The molecule has 0 amide bonds. The third-order valence-corrected chi connectivity index (χ3v) is 1.88. The van der Waals surface area contributed by atoms with Gasteiger partial charge in [-0.15, -0.1) is 0 Å². The van der Waals surface area contributed by atoms with E-state index in [4.69, 9.17) is 15.3 Å². The smallest absolute Gasteiger partial charge is 0.331 e. The number of carboxylic acid groups (broad SMARTS) is 3. The first kappa shape index (κ1) is 16.4. The van der Waals surface area contributed by atoms with E-state index >= 15 is 0 Å². The van der Waals surface area contributed by atoms with Gasteiger partial charge in [0, 0.05) is 11.6 Å². The SMILES string of the molecule is C/C(=C/C(=O)O)C(=O)O.O=C(O)Cc1ccccc1. The fourth-order valence-electron chi connectivity index (χ4n) is 1.02. The van der Waals surface area contributed by atoms with Gasteiger partial charge < -0.3 is 15.3 Å². The van der Waals surface area contributed by atoms with Crippen LogP contribution in [-0.2, 0) is 20.8 Å². The fraction of sp³-hybridized carbons (Fsp3) is 0.154. The van der Waals surface area contributed by atoms with Crippen LogP contribution in [0.15, 0.2) is 42.0 Å². The molecule has 0 aliphatic heterocycles. The van der Waals surface area contributed by atoms with E-state index in [1.807, 2.05) is 18.2 Å². The van der Waals surface area contributed by atoms with E-state index in [0.29, 0.717) is 6.08 Å². The van der Waals surface area contributed by atoms with Gasteiger partial charge in [0.05, 0.1) is 6.42 Å². The average molecular weight is 266 g/mol. The highest BCUT2D eigenvalue weighted by Crippen LogP contribution is 1.98. The van der Waals surface area contributed by atoms with Crippen LogP contribution in [0.3, 0.4) is 0 Å². The van der Waals surface area contributed by atoms with E-state index in [-0.39, 0.29) is 12.0 Å². The molecule has 0 aliphatic rings. The topological polar surface area (TPSA) is 112 Å². The molecule has 0 unspecified atom stereocenters. The van der Waals surface area contributed by atoms with Gasteiger partial charge in [-0.05, 0) is 12.5 Å². The Morgan fingerprint density at radius 2 is 1.58 bits per heavy atom. The molecule has 1 aromatic carbocycles. The van der Waals surface area contributed by atoms with Crippen molar-refractivity contribution in [2.24, 2.45) is 0 Å². The summed E-state index contributed by atoms with van der Waals surface area (Å²) in [5.74, 6) is -3.24. The number of benzene rings is 1. The van der Waals surface area contributed by atoms with Gasteiger partial charge in [-0.25, -0.2) is 9.59 Å². The first-order valence-corrected chi connectivity index (χ1v) is 5.23. The first-order chi connectivity index (χ1) is 8.82. The molecular weight excluding hydrogens is 252 g/mol. The molecule has 0 spiro atoms. The van der Waals surface area contributed by atoms with E-state index < -0.39 is 17.9 Å². The van der Waals surface area contributed by atoms with Gasteiger partial charge >= 0.3 is 17.9 Å². The van der Waals surface area contributed by atoms with Gasteiger partial charge in [0.2, 0.25) is 0 Å². The minimum atomic E-state index is -1.24. The molecular formula is C13H14O6. The molecule has 0 heterocycles.